The van der Waals surface area contributed by atoms with Crippen LogP contribution in [-0.4, -0.2) is 26.8 Å². The molecule has 2 rings (SSSR count). The van der Waals surface area contributed by atoms with Crippen LogP contribution in [0.15, 0.2) is 35.1 Å². The second-order valence-corrected chi connectivity index (χ2v) is 6.02. The minimum atomic E-state index is -1.02. The van der Waals surface area contributed by atoms with Gasteiger partial charge in [-0.1, -0.05) is 13.0 Å². The summed E-state index contributed by atoms with van der Waals surface area (Å²) in [6.07, 6.45) is 3.45. The number of hydrogen-bond acceptors (Lipinski definition) is 3. The van der Waals surface area contributed by atoms with E-state index < -0.39 is 5.97 Å². The lowest BCUT2D eigenvalue weighted by atomic mass is 10.1. The molecule has 1 heterocycles. The monoisotopic (exact) mass is 365 g/mol. The highest BCUT2D eigenvalue weighted by molar-refractivity contribution is 9.10. The molecule has 1 aromatic carbocycles. The first-order valence-electron chi connectivity index (χ1n) is 6.69. The van der Waals surface area contributed by atoms with Crippen LogP contribution in [0.2, 0.25) is 0 Å². The van der Waals surface area contributed by atoms with Crippen LogP contribution in [0.1, 0.15) is 22.8 Å². The summed E-state index contributed by atoms with van der Waals surface area (Å²) >= 11 is 3.30. The van der Waals surface area contributed by atoms with E-state index in [1.807, 2.05) is 6.92 Å². The van der Waals surface area contributed by atoms with Crippen LogP contribution in [-0.2, 0) is 11.3 Å². The molecule has 2 N–H and O–H groups in total. The van der Waals surface area contributed by atoms with Gasteiger partial charge in [0.15, 0.2) is 0 Å². The summed E-state index contributed by atoms with van der Waals surface area (Å²) < 4.78 is 2.53. The van der Waals surface area contributed by atoms with Crippen LogP contribution in [0.5, 0.6) is 0 Å². The van der Waals surface area contributed by atoms with E-state index in [0.717, 1.165) is 10.0 Å². The van der Waals surface area contributed by atoms with Crippen molar-refractivity contribution in [3.8, 4) is 0 Å². The van der Waals surface area contributed by atoms with Gasteiger partial charge < -0.3 is 10.4 Å². The minimum Gasteiger partial charge on any atom is -0.478 e. The first-order chi connectivity index (χ1) is 10.4. The van der Waals surface area contributed by atoms with Gasteiger partial charge in [-0.3, -0.25) is 9.48 Å². The second-order valence-electron chi connectivity index (χ2n) is 5.11. The predicted octanol–water partition coefficient (Wildman–Crippen LogP) is 2.93. The summed E-state index contributed by atoms with van der Waals surface area (Å²) in [6.45, 7) is 4.05. The lowest BCUT2D eigenvalue weighted by Gasteiger charge is -2.14. The molecule has 6 nitrogen and oxygen atoms in total. The normalized spacial score (nSPS) is 12.0. The number of carboxylic acid groups (broad SMARTS) is 1. The van der Waals surface area contributed by atoms with E-state index in [9.17, 15) is 9.59 Å². The fourth-order valence-electron chi connectivity index (χ4n) is 1.95. The summed E-state index contributed by atoms with van der Waals surface area (Å²) in [7, 11) is 0. The van der Waals surface area contributed by atoms with E-state index in [1.54, 1.807) is 30.1 Å². The molecule has 7 heteroatoms. The van der Waals surface area contributed by atoms with Gasteiger partial charge in [-0.05, 0) is 40.5 Å². The zero-order valence-electron chi connectivity index (χ0n) is 12.2. The zero-order chi connectivity index (χ0) is 16.3. The van der Waals surface area contributed by atoms with Gasteiger partial charge in [0.1, 0.15) is 0 Å². The maximum absolute atomic E-state index is 12.2. The third kappa shape index (κ3) is 3.94. The first kappa shape index (κ1) is 16.2. The zero-order valence-corrected chi connectivity index (χ0v) is 13.8. The Morgan fingerprint density at radius 2 is 2.18 bits per heavy atom. The maximum atomic E-state index is 12.2. The van der Waals surface area contributed by atoms with Gasteiger partial charge in [0.05, 0.1) is 28.7 Å². The highest BCUT2D eigenvalue weighted by Gasteiger charge is 2.16. The van der Waals surface area contributed by atoms with Crippen molar-refractivity contribution in [2.75, 3.05) is 5.32 Å². The number of hydrogen-bond donors (Lipinski definition) is 2. The summed E-state index contributed by atoms with van der Waals surface area (Å²) in [4.78, 5) is 23.2. The molecule has 1 unspecified atom stereocenters. The lowest BCUT2D eigenvalue weighted by molar-refractivity contribution is -0.119. The van der Waals surface area contributed by atoms with E-state index in [2.05, 4.69) is 26.3 Å². The molecule has 1 atom stereocenters. The molecule has 0 fully saturated rings. The highest BCUT2D eigenvalue weighted by atomic mass is 79.9. The van der Waals surface area contributed by atoms with Crippen molar-refractivity contribution in [1.82, 2.24) is 9.78 Å². The Balaban J connectivity index is 2.07. The summed E-state index contributed by atoms with van der Waals surface area (Å²) in [6, 6.07) is 4.65. The number of carbonyl (C=O) groups excluding carboxylic acids is 1. The van der Waals surface area contributed by atoms with Crippen LogP contribution in [0, 0.1) is 12.8 Å². The number of nitrogens with one attached hydrogen (secondary N) is 1. The Morgan fingerprint density at radius 3 is 2.77 bits per heavy atom. The average Bonchev–Trinajstić information content (AvgIpc) is 2.86. The molecule has 0 bridgehead atoms. The van der Waals surface area contributed by atoms with Crippen molar-refractivity contribution in [2.24, 2.45) is 5.92 Å². The standard InChI is InChI=1S/C15H16BrN3O3/c1-9-3-4-11(15(21)22)5-13(9)18-14(20)10(2)7-19-8-12(16)6-17-19/h3-6,8,10H,7H2,1-2H3,(H,18,20)(H,21,22). The summed E-state index contributed by atoms with van der Waals surface area (Å²) in [5.74, 6) is -1.51. The van der Waals surface area contributed by atoms with E-state index in [0.29, 0.717) is 12.2 Å². The molecule has 2 aromatic rings. The molecule has 0 aliphatic heterocycles. The van der Waals surface area contributed by atoms with Gasteiger partial charge in [0, 0.05) is 11.9 Å². The predicted molar refractivity (Wildman–Crippen MR) is 85.9 cm³/mol. The lowest BCUT2D eigenvalue weighted by Crippen LogP contribution is -2.25. The number of carboxylic acids is 1. The van der Waals surface area contributed by atoms with Crippen molar-refractivity contribution in [2.45, 2.75) is 20.4 Å². The quantitative estimate of drug-likeness (QED) is 0.852. The maximum Gasteiger partial charge on any atom is 0.335 e. The Labute approximate surface area is 136 Å². The molecular formula is C15H16BrN3O3. The molecular weight excluding hydrogens is 350 g/mol. The Hall–Kier alpha value is -2.15. The number of amides is 1. The van der Waals surface area contributed by atoms with E-state index >= 15 is 0 Å². The van der Waals surface area contributed by atoms with Gasteiger partial charge in [0.25, 0.3) is 0 Å². The van der Waals surface area contributed by atoms with Crippen molar-refractivity contribution in [1.29, 1.82) is 0 Å². The van der Waals surface area contributed by atoms with Gasteiger partial charge >= 0.3 is 5.97 Å². The van der Waals surface area contributed by atoms with Crippen molar-refractivity contribution < 1.29 is 14.7 Å². The van der Waals surface area contributed by atoms with Crippen LogP contribution >= 0.6 is 15.9 Å². The van der Waals surface area contributed by atoms with Crippen molar-refractivity contribution >= 4 is 33.5 Å². The number of benzene rings is 1. The molecule has 1 amide bonds. The van der Waals surface area contributed by atoms with Gasteiger partial charge in [-0.2, -0.15) is 5.10 Å². The Bertz CT molecular complexity index is 712. The fourth-order valence-corrected chi connectivity index (χ4v) is 2.28. The van der Waals surface area contributed by atoms with Crippen molar-refractivity contribution in [3.05, 3.63) is 46.2 Å². The molecule has 0 saturated carbocycles. The van der Waals surface area contributed by atoms with Gasteiger partial charge in [0.2, 0.25) is 5.91 Å². The van der Waals surface area contributed by atoms with E-state index in [1.165, 1.54) is 12.1 Å². The molecule has 0 radical (unpaired) electrons. The second kappa shape index (κ2) is 6.74. The van der Waals surface area contributed by atoms with Gasteiger partial charge in [-0.15, -0.1) is 0 Å². The summed E-state index contributed by atoms with van der Waals surface area (Å²) in [5, 5.41) is 15.9. The Morgan fingerprint density at radius 1 is 1.45 bits per heavy atom. The third-order valence-electron chi connectivity index (χ3n) is 3.25. The topological polar surface area (TPSA) is 84.2 Å². The number of carbonyl (C=O) groups is 2. The number of nitrogens with zero attached hydrogens (tertiary/aromatic N) is 2. The number of aromatic nitrogens is 2. The molecule has 0 spiro atoms. The number of aromatic carboxylic acids is 1. The third-order valence-corrected chi connectivity index (χ3v) is 3.66. The minimum absolute atomic E-state index is 0.143. The largest absolute Gasteiger partial charge is 0.478 e. The summed E-state index contributed by atoms with van der Waals surface area (Å²) in [5.41, 5.74) is 1.47. The molecule has 0 aliphatic rings. The van der Waals surface area contributed by atoms with Gasteiger partial charge in [-0.25, -0.2) is 4.79 Å². The average molecular weight is 366 g/mol. The first-order valence-corrected chi connectivity index (χ1v) is 7.49. The number of aryl methyl sites for hydroxylation is 1. The van der Waals surface area contributed by atoms with Crippen LogP contribution in [0.4, 0.5) is 5.69 Å². The van der Waals surface area contributed by atoms with Crippen LogP contribution in [0.3, 0.4) is 0 Å². The molecule has 0 saturated heterocycles. The number of rotatable bonds is 5. The number of halogens is 1. The van der Waals surface area contributed by atoms with Crippen molar-refractivity contribution in [3.63, 3.8) is 0 Å². The Kier molecular flexibility index (Phi) is 4.97. The smallest absolute Gasteiger partial charge is 0.335 e. The van der Waals surface area contributed by atoms with Crippen LogP contribution in [0.25, 0.3) is 0 Å². The molecule has 0 aliphatic carbocycles. The molecule has 1 aromatic heterocycles. The molecule has 116 valence electrons. The number of anilines is 1. The highest BCUT2D eigenvalue weighted by Crippen LogP contribution is 2.18. The van der Waals surface area contributed by atoms with E-state index in [4.69, 9.17) is 5.11 Å². The van der Waals surface area contributed by atoms with E-state index in [-0.39, 0.29) is 17.4 Å². The fraction of sp³-hybridized carbons (Fsp3) is 0.267. The SMILES string of the molecule is Cc1ccc(C(=O)O)cc1NC(=O)C(C)Cn1cc(Br)cn1. The molecule has 22 heavy (non-hydrogen) atoms. The van der Waals surface area contributed by atoms with Crippen LogP contribution < -0.4 is 5.32 Å².